The SMILES string of the molecule is CS(=O)(=O)c1cncc(COc2ccccn2)c1. The lowest BCUT2D eigenvalue weighted by molar-refractivity contribution is 0.293. The van der Waals surface area contributed by atoms with Gasteiger partial charge in [-0.15, -0.1) is 0 Å². The molecule has 0 amide bonds. The first-order valence-corrected chi connectivity index (χ1v) is 7.13. The fourth-order valence-corrected chi connectivity index (χ4v) is 1.95. The maximum absolute atomic E-state index is 11.4. The van der Waals surface area contributed by atoms with Crippen molar-refractivity contribution < 1.29 is 13.2 Å². The number of rotatable bonds is 4. The second kappa shape index (κ2) is 5.14. The molecule has 0 aromatic carbocycles. The Kier molecular flexibility index (Phi) is 3.57. The zero-order valence-electron chi connectivity index (χ0n) is 9.78. The molecule has 0 spiro atoms. The number of ether oxygens (including phenoxy) is 1. The maximum atomic E-state index is 11.4. The Morgan fingerprint density at radius 2 is 2.11 bits per heavy atom. The van der Waals surface area contributed by atoms with Gasteiger partial charge in [-0.25, -0.2) is 13.4 Å². The van der Waals surface area contributed by atoms with Crippen LogP contribution in [-0.4, -0.2) is 24.6 Å². The van der Waals surface area contributed by atoms with E-state index in [9.17, 15) is 8.42 Å². The van der Waals surface area contributed by atoms with E-state index in [0.29, 0.717) is 11.4 Å². The number of hydrogen-bond donors (Lipinski definition) is 0. The lowest BCUT2D eigenvalue weighted by Gasteiger charge is -2.05. The van der Waals surface area contributed by atoms with Crippen LogP contribution in [0.2, 0.25) is 0 Å². The molecule has 2 aromatic heterocycles. The van der Waals surface area contributed by atoms with Gasteiger partial charge in [0.1, 0.15) is 6.61 Å². The summed E-state index contributed by atoms with van der Waals surface area (Å²) < 4.78 is 28.1. The van der Waals surface area contributed by atoms with Crippen LogP contribution in [0.25, 0.3) is 0 Å². The van der Waals surface area contributed by atoms with Crippen molar-refractivity contribution in [3.05, 3.63) is 48.4 Å². The number of nitrogens with zero attached hydrogens (tertiary/aromatic N) is 2. The molecule has 0 bridgehead atoms. The maximum Gasteiger partial charge on any atom is 0.213 e. The molecule has 2 heterocycles. The van der Waals surface area contributed by atoms with E-state index in [0.717, 1.165) is 6.26 Å². The Balaban J connectivity index is 2.11. The molecule has 0 saturated carbocycles. The van der Waals surface area contributed by atoms with Crippen molar-refractivity contribution in [2.75, 3.05) is 6.26 Å². The highest BCUT2D eigenvalue weighted by Crippen LogP contribution is 2.12. The Labute approximate surface area is 105 Å². The highest BCUT2D eigenvalue weighted by Gasteiger charge is 2.08. The molecule has 0 aliphatic heterocycles. The lowest BCUT2D eigenvalue weighted by Crippen LogP contribution is -2.02. The first-order valence-electron chi connectivity index (χ1n) is 5.23. The van der Waals surface area contributed by atoms with Gasteiger partial charge in [0.05, 0.1) is 4.90 Å². The van der Waals surface area contributed by atoms with Gasteiger partial charge in [-0.3, -0.25) is 4.98 Å². The molecule has 5 nitrogen and oxygen atoms in total. The molecule has 0 aliphatic rings. The van der Waals surface area contributed by atoms with Gasteiger partial charge in [0.25, 0.3) is 0 Å². The van der Waals surface area contributed by atoms with Crippen LogP contribution in [0.4, 0.5) is 0 Å². The summed E-state index contributed by atoms with van der Waals surface area (Å²) in [5, 5.41) is 0. The summed E-state index contributed by atoms with van der Waals surface area (Å²) in [7, 11) is -3.24. The van der Waals surface area contributed by atoms with Crippen molar-refractivity contribution in [1.82, 2.24) is 9.97 Å². The van der Waals surface area contributed by atoms with Crippen molar-refractivity contribution in [3.63, 3.8) is 0 Å². The predicted octanol–water partition coefficient (Wildman–Crippen LogP) is 1.46. The Bertz CT molecular complexity index is 627. The van der Waals surface area contributed by atoms with E-state index in [1.165, 1.54) is 6.20 Å². The van der Waals surface area contributed by atoms with Gasteiger partial charge < -0.3 is 4.74 Å². The van der Waals surface area contributed by atoms with Gasteiger partial charge in [-0.2, -0.15) is 0 Å². The first-order chi connectivity index (χ1) is 8.55. The molecule has 2 aromatic rings. The molecule has 0 N–H and O–H groups in total. The van der Waals surface area contributed by atoms with Gasteiger partial charge in [0, 0.05) is 36.5 Å². The van der Waals surface area contributed by atoms with E-state index in [2.05, 4.69) is 9.97 Å². The highest BCUT2D eigenvalue weighted by atomic mass is 32.2. The highest BCUT2D eigenvalue weighted by molar-refractivity contribution is 7.90. The molecular formula is C12H12N2O3S. The third kappa shape index (κ3) is 3.27. The van der Waals surface area contributed by atoms with E-state index in [4.69, 9.17) is 4.74 Å². The molecular weight excluding hydrogens is 252 g/mol. The van der Waals surface area contributed by atoms with Crippen LogP contribution in [0.1, 0.15) is 5.56 Å². The Morgan fingerprint density at radius 1 is 1.28 bits per heavy atom. The van der Waals surface area contributed by atoms with Crippen LogP contribution in [0.5, 0.6) is 5.88 Å². The molecule has 0 atom stereocenters. The molecule has 6 heteroatoms. The Morgan fingerprint density at radius 3 is 2.78 bits per heavy atom. The monoisotopic (exact) mass is 264 g/mol. The normalized spacial score (nSPS) is 11.2. The molecule has 0 radical (unpaired) electrons. The van der Waals surface area contributed by atoms with Gasteiger partial charge in [-0.05, 0) is 12.1 Å². The van der Waals surface area contributed by atoms with Crippen LogP contribution in [0, 0.1) is 0 Å². The number of hydrogen-bond acceptors (Lipinski definition) is 5. The van der Waals surface area contributed by atoms with Crippen LogP contribution in [-0.2, 0) is 16.4 Å². The first kappa shape index (κ1) is 12.5. The summed E-state index contributed by atoms with van der Waals surface area (Å²) in [6.45, 7) is 0.230. The summed E-state index contributed by atoms with van der Waals surface area (Å²) in [5.41, 5.74) is 0.684. The standard InChI is InChI=1S/C12H12N2O3S/c1-18(15,16)11-6-10(7-13-8-11)9-17-12-4-2-3-5-14-12/h2-8H,9H2,1H3. The summed E-state index contributed by atoms with van der Waals surface area (Å²) in [6, 6.07) is 6.88. The van der Waals surface area contributed by atoms with Crippen LogP contribution < -0.4 is 4.74 Å². The molecule has 0 saturated heterocycles. The van der Waals surface area contributed by atoms with Gasteiger partial charge in [0.2, 0.25) is 5.88 Å². The summed E-state index contributed by atoms with van der Waals surface area (Å²) in [6.07, 6.45) is 5.66. The third-order valence-corrected chi connectivity index (χ3v) is 3.30. The van der Waals surface area contributed by atoms with Crippen LogP contribution in [0.3, 0.4) is 0 Å². The lowest BCUT2D eigenvalue weighted by atomic mass is 10.3. The smallest absolute Gasteiger partial charge is 0.213 e. The molecule has 0 unspecified atom stereocenters. The zero-order valence-corrected chi connectivity index (χ0v) is 10.6. The molecule has 0 aliphatic carbocycles. The summed E-state index contributed by atoms with van der Waals surface area (Å²) >= 11 is 0. The van der Waals surface area contributed by atoms with E-state index in [1.807, 2.05) is 6.07 Å². The zero-order chi connectivity index (χ0) is 13.0. The van der Waals surface area contributed by atoms with Crippen molar-refractivity contribution >= 4 is 9.84 Å². The predicted molar refractivity (Wildman–Crippen MR) is 65.9 cm³/mol. The molecule has 94 valence electrons. The Hall–Kier alpha value is -1.95. The van der Waals surface area contributed by atoms with E-state index in [1.54, 1.807) is 30.6 Å². The average Bonchev–Trinajstić information content (AvgIpc) is 2.37. The summed E-state index contributed by atoms with van der Waals surface area (Å²) in [4.78, 5) is 8.07. The minimum atomic E-state index is -3.24. The summed E-state index contributed by atoms with van der Waals surface area (Å²) in [5.74, 6) is 0.488. The van der Waals surface area contributed by atoms with E-state index < -0.39 is 9.84 Å². The van der Waals surface area contributed by atoms with Crippen LogP contribution >= 0.6 is 0 Å². The number of sulfone groups is 1. The van der Waals surface area contributed by atoms with E-state index in [-0.39, 0.29) is 11.5 Å². The fourth-order valence-electron chi connectivity index (χ4n) is 1.34. The number of pyridine rings is 2. The van der Waals surface area contributed by atoms with Crippen molar-refractivity contribution in [2.45, 2.75) is 11.5 Å². The molecule has 18 heavy (non-hydrogen) atoms. The largest absolute Gasteiger partial charge is 0.473 e. The van der Waals surface area contributed by atoms with Gasteiger partial charge in [0.15, 0.2) is 9.84 Å². The molecule has 2 rings (SSSR count). The minimum absolute atomic E-state index is 0.185. The average molecular weight is 264 g/mol. The van der Waals surface area contributed by atoms with Crippen LogP contribution in [0.15, 0.2) is 47.8 Å². The number of aromatic nitrogens is 2. The van der Waals surface area contributed by atoms with Gasteiger partial charge >= 0.3 is 0 Å². The van der Waals surface area contributed by atoms with Crippen molar-refractivity contribution in [1.29, 1.82) is 0 Å². The van der Waals surface area contributed by atoms with Crippen molar-refractivity contribution in [3.8, 4) is 5.88 Å². The third-order valence-electron chi connectivity index (χ3n) is 2.22. The topological polar surface area (TPSA) is 69.2 Å². The quantitative estimate of drug-likeness (QED) is 0.836. The molecule has 0 fully saturated rings. The second-order valence-electron chi connectivity index (χ2n) is 3.76. The van der Waals surface area contributed by atoms with E-state index >= 15 is 0 Å². The van der Waals surface area contributed by atoms with Crippen molar-refractivity contribution in [2.24, 2.45) is 0 Å². The fraction of sp³-hybridized carbons (Fsp3) is 0.167. The minimum Gasteiger partial charge on any atom is -0.473 e. The second-order valence-corrected chi connectivity index (χ2v) is 5.77. The van der Waals surface area contributed by atoms with Gasteiger partial charge in [-0.1, -0.05) is 6.07 Å².